The van der Waals surface area contributed by atoms with Crippen molar-refractivity contribution in [2.24, 2.45) is 0 Å². The second-order valence-electron chi connectivity index (χ2n) is 6.02. The first-order valence-corrected chi connectivity index (χ1v) is 8.17. The minimum absolute atomic E-state index is 0.546. The maximum absolute atomic E-state index is 8.89. The van der Waals surface area contributed by atoms with E-state index in [4.69, 9.17) is 14.7 Å². The number of nitriles is 1. The molecule has 1 aromatic rings. The van der Waals surface area contributed by atoms with Gasteiger partial charge in [-0.3, -0.25) is 4.90 Å². The predicted molar refractivity (Wildman–Crippen MR) is 87.0 cm³/mol. The Kier molecular flexibility index (Phi) is 6.70. The lowest BCUT2D eigenvalue weighted by Crippen LogP contribution is -2.44. The maximum atomic E-state index is 8.89. The molecule has 2 rings (SSSR count). The monoisotopic (exact) mass is 302 g/mol. The zero-order chi connectivity index (χ0) is 15.8. The Hall–Kier alpha value is -1.57. The molecule has 0 bridgehead atoms. The van der Waals surface area contributed by atoms with Crippen molar-refractivity contribution >= 4 is 0 Å². The van der Waals surface area contributed by atoms with E-state index < -0.39 is 0 Å². The van der Waals surface area contributed by atoms with Crippen LogP contribution in [0.3, 0.4) is 0 Å². The largest absolute Gasteiger partial charge is 0.494 e. The van der Waals surface area contributed by atoms with Gasteiger partial charge in [-0.15, -0.1) is 0 Å². The van der Waals surface area contributed by atoms with E-state index in [-0.39, 0.29) is 0 Å². The second kappa shape index (κ2) is 8.77. The van der Waals surface area contributed by atoms with E-state index in [2.05, 4.69) is 24.8 Å². The molecule has 0 aliphatic carbocycles. The van der Waals surface area contributed by atoms with Crippen LogP contribution in [0.2, 0.25) is 0 Å². The van der Waals surface area contributed by atoms with Crippen LogP contribution >= 0.6 is 0 Å². The van der Waals surface area contributed by atoms with Gasteiger partial charge in [0, 0.05) is 31.8 Å². The maximum Gasteiger partial charge on any atom is 0.120 e. The minimum atomic E-state index is 0.546. The summed E-state index contributed by atoms with van der Waals surface area (Å²) in [4.78, 5) is 2.57. The van der Waals surface area contributed by atoms with Crippen LogP contribution < -0.4 is 4.74 Å². The molecule has 1 heterocycles. The van der Waals surface area contributed by atoms with Crippen molar-refractivity contribution in [2.75, 3.05) is 26.4 Å². The van der Waals surface area contributed by atoms with E-state index in [0.717, 1.165) is 44.8 Å². The van der Waals surface area contributed by atoms with E-state index in [0.29, 0.717) is 24.3 Å². The first-order chi connectivity index (χ1) is 10.7. The van der Waals surface area contributed by atoms with Crippen molar-refractivity contribution in [2.45, 2.75) is 45.2 Å². The van der Waals surface area contributed by atoms with Crippen molar-refractivity contribution in [3.05, 3.63) is 29.8 Å². The van der Waals surface area contributed by atoms with Gasteiger partial charge in [0.2, 0.25) is 0 Å². The molecule has 4 nitrogen and oxygen atoms in total. The number of ether oxygens (including phenoxy) is 2. The van der Waals surface area contributed by atoms with Gasteiger partial charge in [0.15, 0.2) is 0 Å². The first-order valence-electron chi connectivity index (χ1n) is 8.17. The molecule has 0 saturated carbocycles. The Morgan fingerprint density at radius 3 is 2.82 bits per heavy atom. The summed E-state index contributed by atoms with van der Waals surface area (Å²) in [5.41, 5.74) is 0.642. The fraction of sp³-hybridized carbons (Fsp3) is 0.611. The Balaban J connectivity index is 1.76. The molecule has 120 valence electrons. The van der Waals surface area contributed by atoms with E-state index in [9.17, 15) is 0 Å². The molecule has 1 aliphatic heterocycles. The third kappa shape index (κ3) is 5.01. The molecule has 1 aliphatic rings. The molecule has 0 atom stereocenters. The van der Waals surface area contributed by atoms with Gasteiger partial charge in [0.05, 0.1) is 18.2 Å². The third-order valence-corrected chi connectivity index (χ3v) is 4.12. The molecular weight excluding hydrogens is 276 g/mol. The van der Waals surface area contributed by atoms with Crippen LogP contribution in [0.5, 0.6) is 5.75 Å². The fourth-order valence-corrected chi connectivity index (χ4v) is 2.97. The highest BCUT2D eigenvalue weighted by molar-refractivity contribution is 5.36. The molecule has 0 amide bonds. The smallest absolute Gasteiger partial charge is 0.120 e. The average molecular weight is 302 g/mol. The highest BCUT2D eigenvalue weighted by atomic mass is 16.5. The van der Waals surface area contributed by atoms with Gasteiger partial charge in [-0.1, -0.05) is 6.07 Å². The van der Waals surface area contributed by atoms with Crippen molar-refractivity contribution < 1.29 is 9.47 Å². The van der Waals surface area contributed by atoms with Gasteiger partial charge < -0.3 is 9.47 Å². The minimum Gasteiger partial charge on any atom is -0.494 e. The zero-order valence-electron chi connectivity index (χ0n) is 13.6. The van der Waals surface area contributed by atoms with Crippen molar-refractivity contribution in [3.63, 3.8) is 0 Å². The van der Waals surface area contributed by atoms with Crippen LogP contribution in [0.15, 0.2) is 24.3 Å². The summed E-state index contributed by atoms with van der Waals surface area (Å²) in [5.74, 6) is 0.779. The van der Waals surface area contributed by atoms with Gasteiger partial charge in [0.1, 0.15) is 5.75 Å². The van der Waals surface area contributed by atoms with Crippen molar-refractivity contribution in [1.29, 1.82) is 5.26 Å². The number of nitrogens with zero attached hydrogens (tertiary/aromatic N) is 2. The summed E-state index contributed by atoms with van der Waals surface area (Å²) in [7, 11) is 0. The molecule has 0 unspecified atom stereocenters. The molecule has 1 fully saturated rings. The lowest BCUT2D eigenvalue weighted by atomic mass is 10.0. The quantitative estimate of drug-likeness (QED) is 0.726. The highest BCUT2D eigenvalue weighted by Gasteiger charge is 2.23. The summed E-state index contributed by atoms with van der Waals surface area (Å²) in [6.07, 6.45) is 3.25. The van der Waals surface area contributed by atoms with Crippen LogP contribution in [0.25, 0.3) is 0 Å². The van der Waals surface area contributed by atoms with Crippen LogP contribution in [0, 0.1) is 11.3 Å². The molecule has 0 N–H and O–H groups in total. The molecule has 22 heavy (non-hydrogen) atoms. The molecule has 0 radical (unpaired) electrons. The average Bonchev–Trinajstić information content (AvgIpc) is 2.55. The summed E-state index contributed by atoms with van der Waals surface area (Å²) >= 11 is 0. The van der Waals surface area contributed by atoms with E-state index in [1.807, 2.05) is 12.1 Å². The predicted octanol–water partition coefficient (Wildman–Crippen LogP) is 3.22. The van der Waals surface area contributed by atoms with Gasteiger partial charge in [0.25, 0.3) is 0 Å². The molecule has 0 spiro atoms. The zero-order valence-corrected chi connectivity index (χ0v) is 13.6. The fourth-order valence-electron chi connectivity index (χ4n) is 2.97. The molecule has 1 saturated heterocycles. The van der Waals surface area contributed by atoms with Crippen LogP contribution in [0.4, 0.5) is 0 Å². The summed E-state index contributed by atoms with van der Waals surface area (Å²) < 4.78 is 11.2. The highest BCUT2D eigenvalue weighted by Crippen LogP contribution is 2.18. The van der Waals surface area contributed by atoms with E-state index in [1.165, 1.54) is 0 Å². The van der Waals surface area contributed by atoms with Gasteiger partial charge in [-0.2, -0.15) is 5.26 Å². The first kappa shape index (κ1) is 16.8. The van der Waals surface area contributed by atoms with Gasteiger partial charge in [-0.05, 0) is 51.3 Å². The lowest BCUT2D eigenvalue weighted by molar-refractivity contribution is 0.0207. The SMILES string of the molecule is CC(C)N(CCCOc1cccc(C#N)c1)C1CCOCC1. The Morgan fingerprint density at radius 1 is 1.36 bits per heavy atom. The van der Waals surface area contributed by atoms with Crippen LogP contribution in [-0.2, 0) is 4.74 Å². The molecule has 1 aromatic carbocycles. The summed E-state index contributed by atoms with van der Waals surface area (Å²) in [5, 5.41) is 8.89. The summed E-state index contributed by atoms with van der Waals surface area (Å²) in [6, 6.07) is 10.7. The topological polar surface area (TPSA) is 45.5 Å². The standard InChI is InChI=1S/C18H26N2O2/c1-15(2)20(17-7-11-21-12-8-17)9-4-10-22-18-6-3-5-16(13-18)14-19/h3,5-6,13,15,17H,4,7-12H2,1-2H3. The number of rotatable bonds is 7. The Labute approximate surface area is 133 Å². The van der Waals surface area contributed by atoms with Crippen molar-refractivity contribution in [1.82, 2.24) is 4.90 Å². The van der Waals surface area contributed by atoms with Crippen LogP contribution in [-0.4, -0.2) is 43.3 Å². The van der Waals surface area contributed by atoms with Crippen LogP contribution in [0.1, 0.15) is 38.7 Å². The van der Waals surface area contributed by atoms with Crippen molar-refractivity contribution in [3.8, 4) is 11.8 Å². The molecular formula is C18H26N2O2. The van der Waals surface area contributed by atoms with Gasteiger partial charge >= 0.3 is 0 Å². The van der Waals surface area contributed by atoms with Gasteiger partial charge in [-0.25, -0.2) is 0 Å². The normalized spacial score (nSPS) is 16.0. The van der Waals surface area contributed by atoms with E-state index >= 15 is 0 Å². The van der Waals surface area contributed by atoms with E-state index in [1.54, 1.807) is 12.1 Å². The summed E-state index contributed by atoms with van der Waals surface area (Å²) in [6.45, 7) is 8.00. The number of hydrogen-bond donors (Lipinski definition) is 0. The Morgan fingerprint density at radius 2 is 2.14 bits per heavy atom. The third-order valence-electron chi connectivity index (χ3n) is 4.12. The Bertz CT molecular complexity index is 490. The molecule has 4 heteroatoms. The second-order valence-corrected chi connectivity index (χ2v) is 6.02. The number of benzene rings is 1. The molecule has 0 aromatic heterocycles. The lowest BCUT2D eigenvalue weighted by Gasteiger charge is -2.37. The number of hydrogen-bond acceptors (Lipinski definition) is 4.